The Hall–Kier alpha value is -2.36. The van der Waals surface area contributed by atoms with E-state index in [1.807, 2.05) is 43.3 Å². The van der Waals surface area contributed by atoms with E-state index >= 15 is 0 Å². The lowest BCUT2D eigenvalue weighted by Crippen LogP contribution is -2.26. The quantitative estimate of drug-likeness (QED) is 0.450. The highest BCUT2D eigenvalue weighted by Gasteiger charge is 2.30. The van der Waals surface area contributed by atoms with E-state index in [1.54, 1.807) is 0 Å². The summed E-state index contributed by atoms with van der Waals surface area (Å²) in [5.74, 6) is 0.412. The second kappa shape index (κ2) is 7.95. The third kappa shape index (κ3) is 5.08. The van der Waals surface area contributed by atoms with Gasteiger partial charge in [-0.3, -0.25) is 0 Å². The average Bonchev–Trinajstić information content (AvgIpc) is 2.53. The summed E-state index contributed by atoms with van der Waals surface area (Å²) in [5.41, 5.74) is 5.70. The summed E-state index contributed by atoms with van der Waals surface area (Å²) < 4.78 is 0. The topological polar surface area (TPSA) is 53.5 Å². The van der Waals surface area contributed by atoms with Crippen molar-refractivity contribution in [3.8, 4) is 0 Å². The van der Waals surface area contributed by atoms with Gasteiger partial charge in [-0.05, 0) is 50.3 Å². The molecule has 1 atom stereocenters. The molecule has 2 amide bonds. The molecule has 4 heteroatoms. The van der Waals surface area contributed by atoms with Gasteiger partial charge in [0.2, 0.25) is 0 Å². The Morgan fingerprint density at radius 2 is 2.00 bits per heavy atom. The molecule has 2 rings (SSSR count). The van der Waals surface area contributed by atoms with Crippen molar-refractivity contribution in [3.05, 3.63) is 54.1 Å². The number of para-hydroxylation sites is 1. The van der Waals surface area contributed by atoms with E-state index in [1.165, 1.54) is 12.0 Å². The van der Waals surface area contributed by atoms with Gasteiger partial charge < -0.3 is 5.32 Å². The summed E-state index contributed by atoms with van der Waals surface area (Å²) in [4.78, 5) is 11.8. The zero-order valence-electron chi connectivity index (χ0n) is 15.0. The maximum atomic E-state index is 11.8. The molecule has 0 bridgehead atoms. The summed E-state index contributed by atoms with van der Waals surface area (Å²) in [6, 6.07) is 8.96. The van der Waals surface area contributed by atoms with Crippen LogP contribution in [0.25, 0.3) is 0 Å². The number of urea groups is 1. The Morgan fingerprint density at radius 3 is 2.67 bits per heavy atom. The molecule has 1 aliphatic carbocycles. The smallest absolute Gasteiger partial charge is 0.307 e. The number of rotatable bonds is 4. The van der Waals surface area contributed by atoms with E-state index in [0.29, 0.717) is 5.92 Å². The van der Waals surface area contributed by atoms with Gasteiger partial charge in [-0.2, -0.15) is 5.10 Å². The highest BCUT2D eigenvalue weighted by molar-refractivity contribution is 5.95. The molecule has 0 unspecified atom stereocenters. The monoisotopic (exact) mass is 325 g/mol. The number of hydrogen-bond acceptors (Lipinski definition) is 2. The fraction of sp³-hybridized carbons (Fsp3) is 0.400. The Morgan fingerprint density at radius 1 is 1.29 bits per heavy atom. The molecule has 0 heterocycles. The van der Waals surface area contributed by atoms with Gasteiger partial charge in [0.25, 0.3) is 0 Å². The molecule has 0 saturated heterocycles. The normalized spacial score (nSPS) is 20.6. The van der Waals surface area contributed by atoms with Gasteiger partial charge in [0.15, 0.2) is 0 Å². The second-order valence-corrected chi connectivity index (χ2v) is 7.00. The lowest BCUT2D eigenvalue weighted by molar-refractivity contribution is 0.252. The van der Waals surface area contributed by atoms with Crippen molar-refractivity contribution in [1.82, 2.24) is 5.43 Å². The van der Waals surface area contributed by atoms with Crippen LogP contribution in [0.15, 0.2) is 59.2 Å². The molecule has 128 valence electrons. The van der Waals surface area contributed by atoms with E-state index in [0.717, 1.165) is 17.8 Å². The first-order valence-electron chi connectivity index (χ1n) is 8.40. The number of nitrogens with zero attached hydrogens (tertiary/aromatic N) is 1. The number of carbonyl (C=O) groups is 1. The van der Waals surface area contributed by atoms with Gasteiger partial charge >= 0.3 is 6.03 Å². The van der Waals surface area contributed by atoms with Crippen molar-refractivity contribution < 1.29 is 4.79 Å². The van der Waals surface area contributed by atoms with E-state index in [9.17, 15) is 4.79 Å². The minimum Gasteiger partial charge on any atom is -0.307 e. The Kier molecular flexibility index (Phi) is 5.96. The standard InChI is InChI=1S/C20H27N3O/c1-15-9-8-14-20(3,4)18(15)13-12-16(2)22-23-19(24)21-17-10-6-5-7-11-17/h5-7,9-13,18H,8,14H2,1-4H3,(H2,21,23,24)/b13-12+,22-16+/t18-/m1/s1. The van der Waals surface area contributed by atoms with Crippen LogP contribution >= 0.6 is 0 Å². The number of hydrogen-bond donors (Lipinski definition) is 2. The number of benzene rings is 1. The maximum Gasteiger partial charge on any atom is 0.339 e. The molecule has 0 aromatic heterocycles. The van der Waals surface area contributed by atoms with Crippen LogP contribution in [0.2, 0.25) is 0 Å². The first kappa shape index (κ1) is 18.0. The van der Waals surface area contributed by atoms with Gasteiger partial charge in [0.1, 0.15) is 0 Å². The summed E-state index contributed by atoms with van der Waals surface area (Å²) in [6.07, 6.45) is 8.83. The van der Waals surface area contributed by atoms with Crippen molar-refractivity contribution in [1.29, 1.82) is 0 Å². The number of amides is 2. The minimum atomic E-state index is -0.344. The predicted molar refractivity (Wildman–Crippen MR) is 101 cm³/mol. The zero-order valence-corrected chi connectivity index (χ0v) is 15.0. The number of hydrazone groups is 1. The number of anilines is 1. The van der Waals surface area contributed by atoms with Gasteiger partial charge in [0.05, 0.1) is 5.71 Å². The van der Waals surface area contributed by atoms with Crippen LogP contribution in [0.5, 0.6) is 0 Å². The van der Waals surface area contributed by atoms with E-state index in [-0.39, 0.29) is 11.4 Å². The lowest BCUT2D eigenvalue weighted by Gasteiger charge is -2.36. The molecular weight excluding hydrogens is 298 g/mol. The molecule has 0 radical (unpaired) electrons. The molecule has 0 spiro atoms. The summed E-state index contributed by atoms with van der Waals surface area (Å²) >= 11 is 0. The maximum absolute atomic E-state index is 11.8. The third-order valence-electron chi connectivity index (χ3n) is 4.48. The van der Waals surface area contributed by atoms with Gasteiger partial charge in [-0.15, -0.1) is 0 Å². The SMILES string of the molecule is CC1=CCCC(C)(C)[C@@H]1/C=C/C(C)=N/NC(=O)Nc1ccccc1. The summed E-state index contributed by atoms with van der Waals surface area (Å²) in [7, 11) is 0. The van der Waals surface area contributed by atoms with Gasteiger partial charge in [0, 0.05) is 11.6 Å². The molecule has 2 N–H and O–H groups in total. The Balaban J connectivity index is 1.92. The lowest BCUT2D eigenvalue weighted by atomic mass is 9.68. The van der Waals surface area contributed by atoms with Crippen LogP contribution in [0.3, 0.4) is 0 Å². The fourth-order valence-corrected chi connectivity index (χ4v) is 3.08. The number of allylic oxidation sites excluding steroid dienone is 4. The van der Waals surface area contributed by atoms with Crippen LogP contribution in [0.4, 0.5) is 10.5 Å². The minimum absolute atomic E-state index is 0.258. The first-order valence-corrected chi connectivity index (χ1v) is 8.40. The Labute approximate surface area is 144 Å². The molecule has 24 heavy (non-hydrogen) atoms. The molecule has 1 aromatic rings. The Bertz CT molecular complexity index is 657. The van der Waals surface area contributed by atoms with Crippen LogP contribution in [0, 0.1) is 11.3 Å². The van der Waals surface area contributed by atoms with Crippen molar-refractivity contribution >= 4 is 17.4 Å². The van der Waals surface area contributed by atoms with Gasteiger partial charge in [-0.25, -0.2) is 10.2 Å². The van der Waals surface area contributed by atoms with E-state index in [4.69, 9.17) is 0 Å². The van der Waals surface area contributed by atoms with Crippen LogP contribution < -0.4 is 10.7 Å². The average molecular weight is 325 g/mol. The van der Waals surface area contributed by atoms with Crippen molar-refractivity contribution in [2.24, 2.45) is 16.4 Å². The molecule has 1 aromatic carbocycles. The second-order valence-electron chi connectivity index (χ2n) is 7.00. The predicted octanol–water partition coefficient (Wildman–Crippen LogP) is 5.12. The molecule has 4 nitrogen and oxygen atoms in total. The molecular formula is C20H27N3O. The van der Waals surface area contributed by atoms with Crippen molar-refractivity contribution in [2.45, 2.75) is 40.5 Å². The fourth-order valence-electron chi connectivity index (χ4n) is 3.08. The third-order valence-corrected chi connectivity index (χ3v) is 4.48. The molecule has 0 fully saturated rings. The summed E-state index contributed by atoms with van der Waals surface area (Å²) in [6.45, 7) is 8.68. The van der Waals surface area contributed by atoms with Crippen molar-refractivity contribution in [3.63, 3.8) is 0 Å². The van der Waals surface area contributed by atoms with E-state index < -0.39 is 0 Å². The highest BCUT2D eigenvalue weighted by Crippen LogP contribution is 2.41. The molecule has 0 aliphatic heterocycles. The molecule has 1 aliphatic rings. The highest BCUT2D eigenvalue weighted by atomic mass is 16.2. The van der Waals surface area contributed by atoms with Crippen LogP contribution in [0.1, 0.15) is 40.5 Å². The first-order chi connectivity index (χ1) is 11.4. The van der Waals surface area contributed by atoms with Gasteiger partial charge in [-0.1, -0.05) is 49.8 Å². The largest absolute Gasteiger partial charge is 0.339 e. The number of nitrogens with one attached hydrogen (secondary N) is 2. The number of carbonyl (C=O) groups excluding carboxylic acids is 1. The van der Waals surface area contributed by atoms with Crippen molar-refractivity contribution in [2.75, 3.05) is 5.32 Å². The van der Waals surface area contributed by atoms with Crippen LogP contribution in [-0.4, -0.2) is 11.7 Å². The van der Waals surface area contributed by atoms with Crippen LogP contribution in [-0.2, 0) is 0 Å². The summed E-state index contributed by atoms with van der Waals surface area (Å²) in [5, 5.41) is 6.86. The zero-order chi connectivity index (χ0) is 17.6. The molecule has 0 saturated carbocycles. The van der Waals surface area contributed by atoms with E-state index in [2.05, 4.69) is 48.8 Å².